The molecule has 0 aromatic carbocycles. The van der Waals surface area contributed by atoms with E-state index in [0.717, 1.165) is 17.9 Å². The zero-order valence-electron chi connectivity index (χ0n) is 8.30. The van der Waals surface area contributed by atoms with E-state index in [-0.39, 0.29) is 0 Å². The largest absolute Gasteiger partial charge is 0.303 e. The molecule has 0 N–H and O–H groups in total. The van der Waals surface area contributed by atoms with Gasteiger partial charge >= 0.3 is 0 Å². The minimum Gasteiger partial charge on any atom is -0.303 e. The summed E-state index contributed by atoms with van der Waals surface area (Å²) in [5.41, 5.74) is 0. The Bertz CT molecular complexity index is 122. The predicted octanol–water partition coefficient (Wildman–Crippen LogP) is 2.37. The molecule has 1 aliphatic rings. The lowest BCUT2D eigenvalue weighted by Crippen LogP contribution is -2.22. The van der Waals surface area contributed by atoms with Crippen LogP contribution in [-0.2, 0) is 0 Å². The molecule has 3 atom stereocenters. The lowest BCUT2D eigenvalue weighted by molar-refractivity contribution is 0.315. The summed E-state index contributed by atoms with van der Waals surface area (Å²) in [6.45, 7) is 8.12. The predicted molar refractivity (Wildman–Crippen MR) is 49.7 cm³/mol. The average Bonchev–Trinajstić information content (AvgIpc) is 2.62. The number of rotatable bonds is 4. The van der Waals surface area contributed by atoms with Gasteiger partial charge in [0.1, 0.15) is 0 Å². The Morgan fingerprint density at radius 1 is 1.27 bits per heavy atom. The van der Waals surface area contributed by atoms with E-state index in [4.69, 9.17) is 0 Å². The van der Waals surface area contributed by atoms with Crippen LogP contribution in [0.5, 0.6) is 0 Å². The van der Waals surface area contributed by atoms with Crippen LogP contribution in [0.15, 0.2) is 0 Å². The molecule has 0 spiro atoms. The molecule has 1 fully saturated rings. The van der Waals surface area contributed by atoms with Crippen LogP contribution in [0.25, 0.3) is 0 Å². The second-order valence-electron chi connectivity index (χ2n) is 3.88. The molecule has 0 amide bonds. The fourth-order valence-corrected chi connectivity index (χ4v) is 2.23. The van der Waals surface area contributed by atoms with Gasteiger partial charge in [-0.2, -0.15) is 0 Å². The summed E-state index contributed by atoms with van der Waals surface area (Å²) in [5, 5.41) is 0. The molecule has 1 rings (SSSR count). The lowest BCUT2D eigenvalue weighted by Gasteiger charge is -2.13. The van der Waals surface area contributed by atoms with Crippen LogP contribution in [0.2, 0.25) is 0 Å². The molecule has 0 aliphatic heterocycles. The first-order valence-electron chi connectivity index (χ1n) is 4.92. The summed E-state index contributed by atoms with van der Waals surface area (Å²) in [6, 6.07) is 0.903. The fraction of sp³-hybridized carbons (Fsp3) is 1.00. The first kappa shape index (κ1) is 9.05. The van der Waals surface area contributed by atoms with Crippen molar-refractivity contribution < 1.29 is 0 Å². The highest BCUT2D eigenvalue weighted by Crippen LogP contribution is 2.45. The van der Waals surface area contributed by atoms with E-state index >= 15 is 0 Å². The van der Waals surface area contributed by atoms with Crippen LogP contribution in [0.3, 0.4) is 0 Å². The van der Waals surface area contributed by atoms with Crippen LogP contribution in [0, 0.1) is 11.8 Å². The first-order valence-corrected chi connectivity index (χ1v) is 4.92. The molecule has 11 heavy (non-hydrogen) atoms. The fourth-order valence-electron chi connectivity index (χ4n) is 2.23. The first-order chi connectivity index (χ1) is 5.22. The molecular formula is C10H21N. The van der Waals surface area contributed by atoms with E-state index in [1.807, 2.05) is 0 Å². The molecule has 1 heteroatoms. The molecule has 0 radical (unpaired) electrons. The van der Waals surface area contributed by atoms with Crippen molar-refractivity contribution in [2.45, 2.75) is 39.7 Å². The highest BCUT2D eigenvalue weighted by Gasteiger charge is 2.47. The molecule has 0 heterocycles. The van der Waals surface area contributed by atoms with Crippen molar-refractivity contribution in [3.63, 3.8) is 0 Å². The van der Waals surface area contributed by atoms with Gasteiger partial charge in [-0.05, 0) is 31.8 Å². The third-order valence-electron chi connectivity index (χ3n) is 3.14. The molecule has 1 nitrogen and oxygen atoms in total. The van der Waals surface area contributed by atoms with Gasteiger partial charge in [-0.1, -0.05) is 27.2 Å². The van der Waals surface area contributed by atoms with Crippen LogP contribution < -0.4 is 0 Å². The number of hydrogen-bond donors (Lipinski definition) is 0. The van der Waals surface area contributed by atoms with Crippen molar-refractivity contribution in [3.05, 3.63) is 0 Å². The van der Waals surface area contributed by atoms with Gasteiger partial charge in [0.2, 0.25) is 0 Å². The van der Waals surface area contributed by atoms with Crippen molar-refractivity contribution in [1.82, 2.24) is 4.90 Å². The maximum atomic E-state index is 2.49. The van der Waals surface area contributed by atoms with Crippen LogP contribution in [0.4, 0.5) is 0 Å². The number of hydrogen-bond acceptors (Lipinski definition) is 1. The van der Waals surface area contributed by atoms with Gasteiger partial charge in [0.15, 0.2) is 0 Å². The van der Waals surface area contributed by atoms with Crippen LogP contribution in [0.1, 0.15) is 33.6 Å². The van der Waals surface area contributed by atoms with Crippen molar-refractivity contribution >= 4 is 0 Å². The second kappa shape index (κ2) is 3.57. The van der Waals surface area contributed by atoms with Gasteiger partial charge in [0, 0.05) is 6.04 Å². The average molecular weight is 155 g/mol. The molecule has 0 bridgehead atoms. The summed E-state index contributed by atoms with van der Waals surface area (Å²) >= 11 is 0. The quantitative estimate of drug-likeness (QED) is 0.602. The van der Waals surface area contributed by atoms with E-state index in [0.29, 0.717) is 0 Å². The maximum absolute atomic E-state index is 2.49. The van der Waals surface area contributed by atoms with Gasteiger partial charge < -0.3 is 4.90 Å². The second-order valence-corrected chi connectivity index (χ2v) is 3.88. The summed E-state index contributed by atoms with van der Waals surface area (Å²) in [7, 11) is 2.25. The van der Waals surface area contributed by atoms with Gasteiger partial charge in [0.05, 0.1) is 0 Å². The molecule has 0 aromatic rings. The Labute approximate surface area is 70.8 Å². The summed E-state index contributed by atoms with van der Waals surface area (Å²) in [5.74, 6) is 1.96. The highest BCUT2D eigenvalue weighted by molar-refractivity contribution is 5.00. The molecule has 1 aliphatic carbocycles. The third kappa shape index (κ3) is 1.76. The van der Waals surface area contributed by atoms with Crippen molar-refractivity contribution in [2.75, 3.05) is 13.6 Å². The van der Waals surface area contributed by atoms with Crippen molar-refractivity contribution in [3.8, 4) is 0 Å². The molecule has 66 valence electrons. The summed E-state index contributed by atoms with van der Waals surface area (Å²) < 4.78 is 0. The normalized spacial score (nSPS) is 36.3. The lowest BCUT2D eigenvalue weighted by atomic mass is 10.2. The minimum atomic E-state index is 0.903. The van der Waals surface area contributed by atoms with Crippen molar-refractivity contribution in [1.29, 1.82) is 0 Å². The van der Waals surface area contributed by atoms with E-state index in [2.05, 4.69) is 32.7 Å². The third-order valence-corrected chi connectivity index (χ3v) is 3.14. The smallest absolute Gasteiger partial charge is 0.0152 e. The van der Waals surface area contributed by atoms with Crippen LogP contribution in [-0.4, -0.2) is 24.5 Å². The Morgan fingerprint density at radius 2 is 1.91 bits per heavy atom. The zero-order chi connectivity index (χ0) is 8.43. The molecular weight excluding hydrogens is 134 g/mol. The maximum Gasteiger partial charge on any atom is 0.0152 e. The molecule has 2 unspecified atom stereocenters. The Kier molecular flexibility index (Phi) is 2.94. The van der Waals surface area contributed by atoms with Crippen LogP contribution >= 0.6 is 0 Å². The SMILES string of the molecule is CCCC1C(C)[C@H]1N(C)CC. The Balaban J connectivity index is 2.28. The molecule has 0 saturated heterocycles. The Hall–Kier alpha value is -0.0400. The molecule has 0 aromatic heterocycles. The highest BCUT2D eigenvalue weighted by atomic mass is 15.2. The van der Waals surface area contributed by atoms with Gasteiger partial charge in [-0.3, -0.25) is 0 Å². The molecule has 1 saturated carbocycles. The summed E-state index contributed by atoms with van der Waals surface area (Å²) in [4.78, 5) is 2.49. The van der Waals surface area contributed by atoms with E-state index in [1.54, 1.807) is 0 Å². The van der Waals surface area contributed by atoms with Crippen molar-refractivity contribution in [2.24, 2.45) is 11.8 Å². The number of nitrogens with zero attached hydrogens (tertiary/aromatic N) is 1. The Morgan fingerprint density at radius 3 is 2.36 bits per heavy atom. The van der Waals surface area contributed by atoms with Gasteiger partial charge in [-0.25, -0.2) is 0 Å². The van der Waals surface area contributed by atoms with E-state index in [1.165, 1.54) is 19.4 Å². The minimum absolute atomic E-state index is 0.903. The monoisotopic (exact) mass is 155 g/mol. The van der Waals surface area contributed by atoms with Gasteiger partial charge in [-0.15, -0.1) is 0 Å². The van der Waals surface area contributed by atoms with E-state index < -0.39 is 0 Å². The standard InChI is InChI=1S/C10H21N/c1-5-7-9-8(3)10(9)11(4)6-2/h8-10H,5-7H2,1-4H3/t8?,9?,10-/m1/s1. The topological polar surface area (TPSA) is 3.24 Å². The van der Waals surface area contributed by atoms with E-state index in [9.17, 15) is 0 Å². The zero-order valence-corrected chi connectivity index (χ0v) is 8.30. The van der Waals surface area contributed by atoms with Gasteiger partial charge in [0.25, 0.3) is 0 Å². The summed E-state index contributed by atoms with van der Waals surface area (Å²) in [6.07, 6.45) is 2.78.